The Labute approximate surface area is 107 Å². The highest BCUT2D eigenvalue weighted by molar-refractivity contribution is 5.85. The van der Waals surface area contributed by atoms with Crippen LogP contribution in [0.15, 0.2) is 24.3 Å². The summed E-state index contributed by atoms with van der Waals surface area (Å²) in [5, 5.41) is 0.802. The molecule has 0 aliphatic carbocycles. The topological polar surface area (TPSA) is 0 Å². The second-order valence-corrected chi connectivity index (χ2v) is 4.71. The lowest BCUT2D eigenvalue weighted by Crippen LogP contribution is -1.95. The van der Waals surface area contributed by atoms with Crippen LogP contribution in [-0.4, -0.2) is 0 Å². The largest absolute Gasteiger partial charge is 0.206 e. The van der Waals surface area contributed by atoms with Crippen molar-refractivity contribution in [1.82, 2.24) is 0 Å². The zero-order valence-electron chi connectivity index (χ0n) is 10.9. The van der Waals surface area contributed by atoms with Gasteiger partial charge in [0.15, 0.2) is 0 Å². The van der Waals surface area contributed by atoms with Crippen molar-refractivity contribution in [3.8, 4) is 0 Å². The van der Waals surface area contributed by atoms with E-state index >= 15 is 0 Å². The summed E-state index contributed by atoms with van der Waals surface area (Å²) in [6.07, 6.45) is 3.29. The second-order valence-electron chi connectivity index (χ2n) is 4.71. The normalized spacial score (nSPS) is 11.1. The fraction of sp³-hybridized carbons (Fsp3) is 0.375. The Morgan fingerprint density at radius 1 is 0.944 bits per heavy atom. The third kappa shape index (κ3) is 2.38. The van der Waals surface area contributed by atoms with Crippen LogP contribution in [0.4, 0.5) is 8.78 Å². The van der Waals surface area contributed by atoms with Crippen molar-refractivity contribution < 1.29 is 8.78 Å². The highest BCUT2D eigenvalue weighted by Crippen LogP contribution is 2.26. The zero-order chi connectivity index (χ0) is 13.1. The number of hydrogen-bond acceptors (Lipinski definition) is 0. The molecule has 0 fully saturated rings. The first-order valence-corrected chi connectivity index (χ1v) is 6.56. The molecule has 18 heavy (non-hydrogen) atoms. The number of hydrogen-bond donors (Lipinski definition) is 0. The average Bonchev–Trinajstić information content (AvgIpc) is 2.33. The number of benzene rings is 2. The van der Waals surface area contributed by atoms with Gasteiger partial charge < -0.3 is 0 Å². The summed E-state index contributed by atoms with van der Waals surface area (Å²) in [5.74, 6) is -0.832. The fourth-order valence-electron chi connectivity index (χ4n) is 2.37. The van der Waals surface area contributed by atoms with E-state index in [2.05, 4.69) is 0 Å². The van der Waals surface area contributed by atoms with Crippen LogP contribution in [0.1, 0.15) is 37.8 Å². The standard InChI is InChI=1S/C16H18F2/c1-3-5-11-9-13-8-7-12(6-4-2)16(18)15(13)14(17)10-11/h7-10H,3-6H2,1-2H3. The molecule has 2 aromatic carbocycles. The minimum atomic E-state index is -0.439. The van der Waals surface area contributed by atoms with Gasteiger partial charge in [0.2, 0.25) is 0 Å². The van der Waals surface area contributed by atoms with Gasteiger partial charge in [0.05, 0.1) is 5.39 Å². The van der Waals surface area contributed by atoms with Crippen molar-refractivity contribution in [2.24, 2.45) is 0 Å². The highest BCUT2D eigenvalue weighted by Gasteiger charge is 2.12. The summed E-state index contributed by atoms with van der Waals surface area (Å²) in [4.78, 5) is 0. The van der Waals surface area contributed by atoms with Gasteiger partial charge in [0, 0.05) is 0 Å². The minimum Gasteiger partial charge on any atom is -0.206 e. The maximum atomic E-state index is 14.2. The fourth-order valence-corrected chi connectivity index (χ4v) is 2.37. The van der Waals surface area contributed by atoms with Crippen LogP contribution >= 0.6 is 0 Å². The summed E-state index contributed by atoms with van der Waals surface area (Å²) in [7, 11) is 0. The Morgan fingerprint density at radius 3 is 2.33 bits per heavy atom. The molecule has 0 saturated carbocycles. The molecule has 2 rings (SSSR count). The van der Waals surface area contributed by atoms with Gasteiger partial charge >= 0.3 is 0 Å². The third-order valence-corrected chi connectivity index (χ3v) is 3.20. The number of halogens is 2. The Balaban J connectivity index is 2.60. The monoisotopic (exact) mass is 248 g/mol. The molecule has 0 spiro atoms. The van der Waals surface area contributed by atoms with E-state index in [1.807, 2.05) is 26.0 Å². The van der Waals surface area contributed by atoms with Crippen molar-refractivity contribution >= 4 is 10.8 Å². The summed E-state index contributed by atoms with van der Waals surface area (Å²) < 4.78 is 28.2. The molecule has 2 heteroatoms. The predicted octanol–water partition coefficient (Wildman–Crippen LogP) is 5.02. The van der Waals surface area contributed by atoms with Gasteiger partial charge in [-0.3, -0.25) is 0 Å². The van der Waals surface area contributed by atoms with Gasteiger partial charge in [-0.2, -0.15) is 0 Å². The molecule has 0 heterocycles. The quantitative estimate of drug-likeness (QED) is 0.712. The molecule has 0 aliphatic rings. The minimum absolute atomic E-state index is 0.140. The van der Waals surface area contributed by atoms with Crippen molar-refractivity contribution in [3.05, 3.63) is 47.0 Å². The number of aryl methyl sites for hydroxylation is 2. The molecule has 0 unspecified atom stereocenters. The maximum absolute atomic E-state index is 14.2. The molecule has 0 atom stereocenters. The first kappa shape index (κ1) is 13.0. The lowest BCUT2D eigenvalue weighted by atomic mass is 9.99. The molecular weight excluding hydrogens is 230 g/mol. The molecule has 0 aromatic heterocycles. The molecule has 0 nitrogen and oxygen atoms in total. The number of fused-ring (bicyclic) bond motifs is 1. The summed E-state index contributed by atoms with van der Waals surface area (Å²) in [6, 6.07) is 6.95. The Bertz CT molecular complexity index is 559. The molecule has 0 aliphatic heterocycles. The SMILES string of the molecule is CCCc1cc(F)c2c(F)c(CCC)ccc2c1. The van der Waals surface area contributed by atoms with E-state index in [1.54, 1.807) is 6.07 Å². The molecule has 0 bridgehead atoms. The lowest BCUT2D eigenvalue weighted by Gasteiger charge is -2.09. The van der Waals surface area contributed by atoms with E-state index < -0.39 is 11.6 Å². The van der Waals surface area contributed by atoms with E-state index in [4.69, 9.17) is 0 Å². The zero-order valence-corrected chi connectivity index (χ0v) is 10.9. The summed E-state index contributed by atoms with van der Waals surface area (Å²) >= 11 is 0. The third-order valence-electron chi connectivity index (χ3n) is 3.20. The smallest absolute Gasteiger partial charge is 0.137 e. The van der Waals surface area contributed by atoms with E-state index in [0.29, 0.717) is 17.4 Å². The van der Waals surface area contributed by atoms with Crippen LogP contribution < -0.4 is 0 Å². The van der Waals surface area contributed by atoms with Crippen LogP contribution in [0.2, 0.25) is 0 Å². The van der Waals surface area contributed by atoms with Crippen LogP contribution in [0, 0.1) is 11.6 Å². The van der Waals surface area contributed by atoms with Crippen molar-refractivity contribution in [2.45, 2.75) is 39.5 Å². The predicted molar refractivity (Wildman–Crippen MR) is 71.9 cm³/mol. The van der Waals surface area contributed by atoms with Crippen LogP contribution in [0.5, 0.6) is 0 Å². The van der Waals surface area contributed by atoms with Gasteiger partial charge in [-0.25, -0.2) is 8.78 Å². The molecule has 0 amide bonds. The van der Waals surface area contributed by atoms with E-state index in [1.165, 1.54) is 6.07 Å². The Hall–Kier alpha value is -1.44. The van der Waals surface area contributed by atoms with Crippen LogP contribution in [0.25, 0.3) is 10.8 Å². The molecular formula is C16H18F2. The molecule has 0 N–H and O–H groups in total. The van der Waals surface area contributed by atoms with Gasteiger partial charge in [-0.15, -0.1) is 0 Å². The average molecular weight is 248 g/mol. The van der Waals surface area contributed by atoms with E-state index in [-0.39, 0.29) is 5.39 Å². The van der Waals surface area contributed by atoms with Gasteiger partial charge in [-0.1, -0.05) is 44.9 Å². The molecule has 0 saturated heterocycles. The second kappa shape index (κ2) is 5.47. The van der Waals surface area contributed by atoms with Crippen molar-refractivity contribution in [3.63, 3.8) is 0 Å². The molecule has 2 aromatic rings. The van der Waals surface area contributed by atoms with E-state index in [0.717, 1.165) is 24.8 Å². The van der Waals surface area contributed by atoms with Gasteiger partial charge in [0.1, 0.15) is 11.6 Å². The first-order valence-electron chi connectivity index (χ1n) is 6.56. The van der Waals surface area contributed by atoms with Gasteiger partial charge in [-0.05, 0) is 35.4 Å². The summed E-state index contributed by atoms with van der Waals surface area (Å²) in [5.41, 5.74) is 1.54. The highest BCUT2D eigenvalue weighted by atomic mass is 19.1. The van der Waals surface area contributed by atoms with Crippen LogP contribution in [0.3, 0.4) is 0 Å². The van der Waals surface area contributed by atoms with Gasteiger partial charge in [0.25, 0.3) is 0 Å². The maximum Gasteiger partial charge on any atom is 0.137 e. The van der Waals surface area contributed by atoms with E-state index in [9.17, 15) is 8.78 Å². The Morgan fingerprint density at radius 2 is 1.67 bits per heavy atom. The number of rotatable bonds is 4. The lowest BCUT2D eigenvalue weighted by molar-refractivity contribution is 0.595. The summed E-state index contributed by atoms with van der Waals surface area (Å²) in [6.45, 7) is 4.04. The Kier molecular flexibility index (Phi) is 3.95. The molecule has 0 radical (unpaired) electrons. The van der Waals surface area contributed by atoms with Crippen molar-refractivity contribution in [2.75, 3.05) is 0 Å². The molecule has 96 valence electrons. The van der Waals surface area contributed by atoms with Crippen molar-refractivity contribution in [1.29, 1.82) is 0 Å². The van der Waals surface area contributed by atoms with Crippen LogP contribution in [-0.2, 0) is 12.8 Å². The first-order chi connectivity index (χ1) is 8.67.